The predicted octanol–water partition coefficient (Wildman–Crippen LogP) is 0.291. The highest BCUT2D eigenvalue weighted by atomic mass is 16.2. The smallest absolute Gasteiger partial charge is 0.236 e. The Kier molecular flexibility index (Phi) is 3.82. The Morgan fingerprint density at radius 1 is 1.31 bits per heavy atom. The average molecular weight is 225 g/mol. The van der Waals surface area contributed by atoms with Crippen LogP contribution in [0, 0.1) is 0 Å². The van der Waals surface area contributed by atoms with Gasteiger partial charge in [-0.15, -0.1) is 0 Å². The fourth-order valence-corrected chi connectivity index (χ4v) is 2.40. The number of amides is 1. The first-order chi connectivity index (χ1) is 7.72. The first-order valence-electron chi connectivity index (χ1n) is 6.42. The van der Waals surface area contributed by atoms with Crippen molar-refractivity contribution in [2.45, 2.75) is 38.3 Å². The van der Waals surface area contributed by atoms with Crippen molar-refractivity contribution in [1.82, 2.24) is 15.1 Å². The SMILES string of the molecule is CCN(CC(=O)N(C)C1CC1)C1CCNC1. The average Bonchev–Trinajstić information content (AvgIpc) is 3.00. The number of hydrogen-bond donors (Lipinski definition) is 1. The number of carbonyl (C=O) groups excluding carboxylic acids is 1. The first kappa shape index (κ1) is 11.9. The molecule has 0 spiro atoms. The molecule has 0 bridgehead atoms. The number of rotatable bonds is 5. The van der Waals surface area contributed by atoms with Gasteiger partial charge in [0.15, 0.2) is 0 Å². The molecule has 92 valence electrons. The molecule has 1 amide bonds. The lowest BCUT2D eigenvalue weighted by molar-refractivity contribution is -0.132. The van der Waals surface area contributed by atoms with E-state index in [-0.39, 0.29) is 5.91 Å². The van der Waals surface area contributed by atoms with E-state index in [4.69, 9.17) is 0 Å². The van der Waals surface area contributed by atoms with E-state index < -0.39 is 0 Å². The van der Waals surface area contributed by atoms with Crippen molar-refractivity contribution in [2.24, 2.45) is 0 Å². The summed E-state index contributed by atoms with van der Waals surface area (Å²) in [6.45, 7) is 5.83. The summed E-state index contributed by atoms with van der Waals surface area (Å²) in [6, 6.07) is 1.09. The lowest BCUT2D eigenvalue weighted by atomic mass is 10.2. The van der Waals surface area contributed by atoms with E-state index in [2.05, 4.69) is 17.1 Å². The first-order valence-corrected chi connectivity index (χ1v) is 6.42. The molecule has 1 saturated carbocycles. The van der Waals surface area contributed by atoms with E-state index in [1.54, 1.807) is 0 Å². The van der Waals surface area contributed by atoms with Gasteiger partial charge in [0.05, 0.1) is 6.54 Å². The summed E-state index contributed by atoms with van der Waals surface area (Å²) >= 11 is 0. The van der Waals surface area contributed by atoms with Crippen LogP contribution in [0.3, 0.4) is 0 Å². The van der Waals surface area contributed by atoms with Crippen LogP contribution in [-0.4, -0.2) is 61.0 Å². The van der Waals surface area contributed by atoms with Crippen molar-refractivity contribution in [3.8, 4) is 0 Å². The van der Waals surface area contributed by atoms with Crippen LogP contribution in [0.15, 0.2) is 0 Å². The molecule has 16 heavy (non-hydrogen) atoms. The monoisotopic (exact) mass is 225 g/mol. The third-order valence-corrected chi connectivity index (χ3v) is 3.78. The van der Waals surface area contributed by atoms with E-state index in [1.807, 2.05) is 11.9 Å². The van der Waals surface area contributed by atoms with Crippen molar-refractivity contribution in [3.63, 3.8) is 0 Å². The molecule has 2 fully saturated rings. The second-order valence-electron chi connectivity index (χ2n) is 4.95. The molecule has 1 atom stereocenters. The largest absolute Gasteiger partial charge is 0.342 e. The van der Waals surface area contributed by atoms with Gasteiger partial charge in [-0.05, 0) is 32.4 Å². The summed E-state index contributed by atoms with van der Waals surface area (Å²) in [5.74, 6) is 0.288. The lowest BCUT2D eigenvalue weighted by Crippen LogP contribution is -2.44. The van der Waals surface area contributed by atoms with Crippen LogP contribution in [0.2, 0.25) is 0 Å². The molecule has 1 aliphatic heterocycles. The molecule has 0 aromatic rings. The highest BCUT2D eigenvalue weighted by molar-refractivity contribution is 5.78. The Morgan fingerprint density at radius 2 is 2.06 bits per heavy atom. The van der Waals surface area contributed by atoms with Crippen LogP contribution in [0.1, 0.15) is 26.2 Å². The molecular weight excluding hydrogens is 202 g/mol. The second-order valence-corrected chi connectivity index (χ2v) is 4.95. The maximum atomic E-state index is 12.0. The molecule has 0 aromatic heterocycles. The van der Waals surface area contributed by atoms with Crippen LogP contribution in [0.5, 0.6) is 0 Å². The van der Waals surface area contributed by atoms with Gasteiger partial charge >= 0.3 is 0 Å². The summed E-state index contributed by atoms with van der Waals surface area (Å²) in [5.41, 5.74) is 0. The zero-order valence-corrected chi connectivity index (χ0v) is 10.4. The van der Waals surface area contributed by atoms with Crippen LogP contribution in [0.4, 0.5) is 0 Å². The van der Waals surface area contributed by atoms with E-state index in [0.29, 0.717) is 18.6 Å². The highest BCUT2D eigenvalue weighted by Gasteiger charge is 2.31. The zero-order chi connectivity index (χ0) is 11.5. The summed E-state index contributed by atoms with van der Waals surface area (Å²) in [4.78, 5) is 16.3. The number of carbonyl (C=O) groups is 1. The molecule has 2 aliphatic rings. The molecule has 1 heterocycles. The molecular formula is C12H23N3O. The van der Waals surface area contributed by atoms with Crippen LogP contribution < -0.4 is 5.32 Å². The van der Waals surface area contributed by atoms with Crippen molar-refractivity contribution in [1.29, 1.82) is 0 Å². The molecule has 2 rings (SSSR count). The Morgan fingerprint density at radius 3 is 2.56 bits per heavy atom. The third-order valence-electron chi connectivity index (χ3n) is 3.78. The third kappa shape index (κ3) is 2.74. The number of likely N-dealkylation sites (N-methyl/N-ethyl adjacent to an activating group) is 2. The summed E-state index contributed by atoms with van der Waals surface area (Å²) in [5, 5.41) is 3.36. The second kappa shape index (κ2) is 5.15. The Bertz CT molecular complexity index is 247. The van der Waals surface area contributed by atoms with Gasteiger partial charge in [0, 0.05) is 25.7 Å². The molecule has 1 N–H and O–H groups in total. The van der Waals surface area contributed by atoms with Crippen molar-refractivity contribution >= 4 is 5.91 Å². The summed E-state index contributed by atoms with van der Waals surface area (Å²) in [7, 11) is 1.95. The van der Waals surface area contributed by atoms with Gasteiger partial charge in [-0.25, -0.2) is 0 Å². The van der Waals surface area contributed by atoms with Gasteiger partial charge in [0.1, 0.15) is 0 Å². The zero-order valence-electron chi connectivity index (χ0n) is 10.4. The number of nitrogens with zero attached hydrogens (tertiary/aromatic N) is 2. The van der Waals surface area contributed by atoms with Crippen LogP contribution >= 0.6 is 0 Å². The van der Waals surface area contributed by atoms with Gasteiger partial charge in [0.2, 0.25) is 5.91 Å². The van der Waals surface area contributed by atoms with E-state index in [0.717, 1.165) is 19.6 Å². The minimum Gasteiger partial charge on any atom is -0.342 e. The van der Waals surface area contributed by atoms with Crippen molar-refractivity contribution in [2.75, 3.05) is 33.2 Å². The Balaban J connectivity index is 1.82. The summed E-state index contributed by atoms with van der Waals surface area (Å²) in [6.07, 6.45) is 3.56. The molecule has 0 radical (unpaired) electrons. The van der Waals surface area contributed by atoms with Crippen LogP contribution in [0.25, 0.3) is 0 Å². The van der Waals surface area contributed by atoms with Gasteiger partial charge in [-0.3, -0.25) is 9.69 Å². The summed E-state index contributed by atoms with van der Waals surface area (Å²) < 4.78 is 0. The van der Waals surface area contributed by atoms with Crippen molar-refractivity contribution in [3.05, 3.63) is 0 Å². The highest BCUT2D eigenvalue weighted by Crippen LogP contribution is 2.25. The fraction of sp³-hybridized carbons (Fsp3) is 0.917. The Hall–Kier alpha value is -0.610. The van der Waals surface area contributed by atoms with E-state index in [1.165, 1.54) is 19.3 Å². The fourth-order valence-electron chi connectivity index (χ4n) is 2.40. The minimum absolute atomic E-state index is 0.288. The molecule has 1 saturated heterocycles. The molecule has 0 aromatic carbocycles. The quantitative estimate of drug-likeness (QED) is 0.730. The lowest BCUT2D eigenvalue weighted by Gasteiger charge is -2.28. The Labute approximate surface area is 98.0 Å². The predicted molar refractivity (Wildman–Crippen MR) is 64.3 cm³/mol. The number of hydrogen-bond acceptors (Lipinski definition) is 3. The molecule has 1 aliphatic carbocycles. The molecule has 1 unspecified atom stereocenters. The van der Waals surface area contributed by atoms with E-state index >= 15 is 0 Å². The maximum Gasteiger partial charge on any atom is 0.236 e. The number of nitrogens with one attached hydrogen (secondary N) is 1. The van der Waals surface area contributed by atoms with E-state index in [9.17, 15) is 4.79 Å². The standard InChI is InChI=1S/C12H23N3O/c1-3-15(11-6-7-13-8-11)9-12(16)14(2)10-4-5-10/h10-11,13H,3-9H2,1-2H3. The maximum absolute atomic E-state index is 12.0. The van der Waals surface area contributed by atoms with Gasteiger partial charge in [0.25, 0.3) is 0 Å². The van der Waals surface area contributed by atoms with Crippen molar-refractivity contribution < 1.29 is 4.79 Å². The van der Waals surface area contributed by atoms with Gasteiger partial charge in [-0.1, -0.05) is 6.92 Å². The molecule has 4 heteroatoms. The molecule has 4 nitrogen and oxygen atoms in total. The van der Waals surface area contributed by atoms with Gasteiger partial charge < -0.3 is 10.2 Å². The van der Waals surface area contributed by atoms with Gasteiger partial charge in [-0.2, -0.15) is 0 Å². The normalized spacial score (nSPS) is 25.1. The minimum atomic E-state index is 0.288. The van der Waals surface area contributed by atoms with Crippen LogP contribution in [-0.2, 0) is 4.79 Å². The topological polar surface area (TPSA) is 35.6 Å².